The first-order valence-electron chi connectivity index (χ1n) is 4.85. The Morgan fingerprint density at radius 1 is 1.53 bits per heavy atom. The van der Waals surface area contributed by atoms with Crippen molar-refractivity contribution in [2.75, 3.05) is 13.7 Å². The van der Waals surface area contributed by atoms with Crippen LogP contribution in [0.15, 0.2) is 16.5 Å². The van der Waals surface area contributed by atoms with Crippen LogP contribution in [0, 0.1) is 0 Å². The zero-order chi connectivity index (χ0) is 11.5. The summed E-state index contributed by atoms with van der Waals surface area (Å²) in [7, 11) is 1.90. The van der Waals surface area contributed by atoms with Crippen molar-refractivity contribution in [3.05, 3.63) is 23.7 Å². The zero-order valence-electron chi connectivity index (χ0n) is 9.36. The summed E-state index contributed by atoms with van der Waals surface area (Å²) < 4.78 is 5.25. The van der Waals surface area contributed by atoms with E-state index in [0.717, 1.165) is 5.76 Å². The molecule has 0 saturated carbocycles. The van der Waals surface area contributed by atoms with Crippen LogP contribution < -0.4 is 0 Å². The summed E-state index contributed by atoms with van der Waals surface area (Å²) in [6.45, 7) is 4.53. The second-order valence-electron chi connectivity index (χ2n) is 4.25. The van der Waals surface area contributed by atoms with Gasteiger partial charge in [-0.25, -0.2) is 0 Å². The van der Waals surface area contributed by atoms with Crippen molar-refractivity contribution in [3.8, 4) is 0 Å². The summed E-state index contributed by atoms with van der Waals surface area (Å²) in [6, 6.07) is 3.41. The van der Waals surface area contributed by atoms with Gasteiger partial charge in [0, 0.05) is 5.54 Å². The third-order valence-electron chi connectivity index (χ3n) is 2.61. The van der Waals surface area contributed by atoms with Crippen LogP contribution in [-0.4, -0.2) is 35.5 Å². The minimum Gasteiger partial charge on any atom is -0.457 e. The first-order chi connectivity index (χ1) is 6.99. The summed E-state index contributed by atoms with van der Waals surface area (Å²) in [5.41, 5.74) is -0.297. The van der Waals surface area contributed by atoms with E-state index in [9.17, 15) is 4.79 Å². The molecule has 0 spiro atoms. The molecule has 0 bridgehead atoms. The van der Waals surface area contributed by atoms with Crippen LogP contribution in [-0.2, 0) is 6.54 Å². The lowest BCUT2D eigenvalue weighted by Crippen LogP contribution is -2.43. The van der Waals surface area contributed by atoms with Crippen LogP contribution in [0.3, 0.4) is 0 Å². The normalized spacial score (nSPS) is 12.1. The van der Waals surface area contributed by atoms with Crippen LogP contribution in [0.1, 0.15) is 30.2 Å². The number of aliphatic hydroxyl groups excluding tert-OH is 1. The molecule has 0 aliphatic heterocycles. The van der Waals surface area contributed by atoms with E-state index in [1.54, 1.807) is 12.1 Å². The van der Waals surface area contributed by atoms with Gasteiger partial charge in [-0.3, -0.25) is 9.69 Å². The predicted molar refractivity (Wildman–Crippen MR) is 56.7 cm³/mol. The summed E-state index contributed by atoms with van der Waals surface area (Å²) in [5.74, 6) is 1.06. The third-order valence-corrected chi connectivity index (χ3v) is 2.61. The van der Waals surface area contributed by atoms with Crippen molar-refractivity contribution in [1.82, 2.24) is 4.90 Å². The number of carbonyl (C=O) groups is 1. The van der Waals surface area contributed by atoms with Crippen molar-refractivity contribution in [2.24, 2.45) is 0 Å². The lowest BCUT2D eigenvalue weighted by molar-refractivity contribution is 0.0678. The zero-order valence-corrected chi connectivity index (χ0v) is 9.36. The number of furan rings is 1. The van der Waals surface area contributed by atoms with E-state index in [2.05, 4.69) is 0 Å². The minimum absolute atomic E-state index is 0.0742. The van der Waals surface area contributed by atoms with E-state index >= 15 is 0 Å². The summed E-state index contributed by atoms with van der Waals surface area (Å²) in [4.78, 5) is 12.4. The molecule has 0 atom stereocenters. The average Bonchev–Trinajstić information content (AvgIpc) is 2.65. The standard InChI is InChI=1S/C11H17NO3/c1-11(2,8-14)12(3)6-9-4-5-10(7-13)15-9/h4-5,7,14H,6,8H2,1-3H3. The molecule has 15 heavy (non-hydrogen) atoms. The Bertz CT molecular complexity index is 330. The van der Waals surface area contributed by atoms with Crippen molar-refractivity contribution in [2.45, 2.75) is 25.9 Å². The molecule has 1 rings (SSSR count). The molecule has 0 radical (unpaired) electrons. The second-order valence-corrected chi connectivity index (χ2v) is 4.25. The van der Waals surface area contributed by atoms with Crippen molar-refractivity contribution in [1.29, 1.82) is 0 Å². The maximum atomic E-state index is 10.4. The molecule has 0 unspecified atom stereocenters. The van der Waals surface area contributed by atoms with Gasteiger partial charge in [-0.1, -0.05) is 0 Å². The van der Waals surface area contributed by atoms with Gasteiger partial charge in [-0.15, -0.1) is 0 Å². The number of aliphatic hydroxyl groups is 1. The maximum absolute atomic E-state index is 10.4. The van der Waals surface area contributed by atoms with Crippen molar-refractivity contribution < 1.29 is 14.3 Å². The molecule has 1 aromatic heterocycles. The Balaban J connectivity index is 2.65. The van der Waals surface area contributed by atoms with E-state index < -0.39 is 0 Å². The quantitative estimate of drug-likeness (QED) is 0.746. The number of hydrogen-bond acceptors (Lipinski definition) is 4. The van der Waals surface area contributed by atoms with Gasteiger partial charge in [-0.2, -0.15) is 0 Å². The van der Waals surface area contributed by atoms with Gasteiger partial charge in [-0.05, 0) is 33.0 Å². The molecule has 1 heterocycles. The molecule has 0 fully saturated rings. The first kappa shape index (κ1) is 11.9. The molecule has 0 saturated heterocycles. The number of rotatable bonds is 5. The number of hydrogen-bond donors (Lipinski definition) is 1. The molecule has 0 aliphatic carbocycles. The van der Waals surface area contributed by atoms with Crippen LogP contribution in [0.25, 0.3) is 0 Å². The Kier molecular flexibility index (Phi) is 3.66. The largest absolute Gasteiger partial charge is 0.457 e. The van der Waals surface area contributed by atoms with Crippen LogP contribution in [0.5, 0.6) is 0 Å². The number of nitrogens with zero attached hydrogens (tertiary/aromatic N) is 1. The highest BCUT2D eigenvalue weighted by atomic mass is 16.3. The maximum Gasteiger partial charge on any atom is 0.185 e. The van der Waals surface area contributed by atoms with Gasteiger partial charge in [0.15, 0.2) is 12.0 Å². The fourth-order valence-electron chi connectivity index (χ4n) is 1.11. The van der Waals surface area contributed by atoms with E-state index in [-0.39, 0.29) is 12.1 Å². The molecule has 84 valence electrons. The number of likely N-dealkylation sites (N-methyl/N-ethyl adjacent to an activating group) is 1. The highest BCUT2D eigenvalue weighted by Crippen LogP contribution is 2.16. The van der Waals surface area contributed by atoms with Gasteiger partial charge in [0.25, 0.3) is 0 Å². The Morgan fingerprint density at radius 2 is 2.20 bits per heavy atom. The molecule has 0 aliphatic rings. The van der Waals surface area contributed by atoms with E-state index in [1.165, 1.54) is 0 Å². The van der Waals surface area contributed by atoms with Gasteiger partial charge >= 0.3 is 0 Å². The Morgan fingerprint density at radius 3 is 2.67 bits per heavy atom. The third kappa shape index (κ3) is 2.91. The SMILES string of the molecule is CN(Cc1ccc(C=O)o1)C(C)(C)CO. The van der Waals surface area contributed by atoms with Crippen molar-refractivity contribution >= 4 is 6.29 Å². The molecule has 0 amide bonds. The highest BCUT2D eigenvalue weighted by Gasteiger charge is 2.23. The van der Waals surface area contributed by atoms with Gasteiger partial charge in [0.05, 0.1) is 13.2 Å². The van der Waals surface area contributed by atoms with E-state index in [1.807, 2.05) is 25.8 Å². The second kappa shape index (κ2) is 4.59. The number of carbonyl (C=O) groups excluding carboxylic acids is 1. The topological polar surface area (TPSA) is 53.7 Å². The van der Waals surface area contributed by atoms with Crippen LogP contribution in [0.4, 0.5) is 0 Å². The van der Waals surface area contributed by atoms with Crippen molar-refractivity contribution in [3.63, 3.8) is 0 Å². The Hall–Kier alpha value is -1.13. The summed E-state index contributed by atoms with van der Waals surface area (Å²) in [6.07, 6.45) is 0.681. The number of aldehydes is 1. The lowest BCUT2D eigenvalue weighted by atomic mass is 10.1. The minimum atomic E-state index is -0.297. The van der Waals surface area contributed by atoms with E-state index in [0.29, 0.717) is 18.6 Å². The first-order valence-corrected chi connectivity index (χ1v) is 4.85. The predicted octanol–water partition coefficient (Wildman–Crippen LogP) is 1.29. The highest BCUT2D eigenvalue weighted by molar-refractivity contribution is 5.70. The average molecular weight is 211 g/mol. The molecular weight excluding hydrogens is 194 g/mol. The fourth-order valence-corrected chi connectivity index (χ4v) is 1.11. The lowest BCUT2D eigenvalue weighted by Gasteiger charge is -2.33. The monoisotopic (exact) mass is 211 g/mol. The molecule has 1 N–H and O–H groups in total. The fraction of sp³-hybridized carbons (Fsp3) is 0.545. The van der Waals surface area contributed by atoms with E-state index in [4.69, 9.17) is 9.52 Å². The van der Waals surface area contributed by atoms with Gasteiger partial charge in [0.1, 0.15) is 5.76 Å². The molecule has 4 nitrogen and oxygen atoms in total. The summed E-state index contributed by atoms with van der Waals surface area (Å²) in [5, 5.41) is 9.17. The molecule has 4 heteroatoms. The van der Waals surface area contributed by atoms with Gasteiger partial charge < -0.3 is 9.52 Å². The Labute approximate surface area is 89.5 Å². The smallest absolute Gasteiger partial charge is 0.185 e. The molecule has 0 aromatic carbocycles. The van der Waals surface area contributed by atoms with Crippen LogP contribution >= 0.6 is 0 Å². The molecular formula is C11H17NO3. The summed E-state index contributed by atoms with van der Waals surface area (Å²) >= 11 is 0. The van der Waals surface area contributed by atoms with Gasteiger partial charge in [0.2, 0.25) is 0 Å². The molecule has 1 aromatic rings. The van der Waals surface area contributed by atoms with Crippen LogP contribution in [0.2, 0.25) is 0 Å².